The molecule has 0 nitrogen and oxygen atoms in total. The minimum Gasteiger partial charge on any atom is -0.0879 e. The van der Waals surface area contributed by atoms with Crippen LogP contribution in [0.4, 0.5) is 0 Å². The van der Waals surface area contributed by atoms with Crippen LogP contribution in [-0.2, 0) is 0 Å². The van der Waals surface area contributed by atoms with Gasteiger partial charge in [0.2, 0.25) is 0 Å². The van der Waals surface area contributed by atoms with Gasteiger partial charge in [0.05, 0.1) is 0 Å². The van der Waals surface area contributed by atoms with Gasteiger partial charge in [-0.25, -0.2) is 0 Å². The lowest BCUT2D eigenvalue weighted by molar-refractivity contribution is 0.734. The van der Waals surface area contributed by atoms with Crippen LogP contribution in [0.3, 0.4) is 0 Å². The molecule has 2 heteroatoms. The molecule has 3 aliphatic rings. The number of benzene rings is 2. The number of hydrogen-bond donors (Lipinski definition) is 0. The van der Waals surface area contributed by atoms with Gasteiger partial charge in [-0.1, -0.05) is 80.4 Å². The molecule has 0 unspecified atom stereocenters. The van der Waals surface area contributed by atoms with Crippen LogP contribution in [0.1, 0.15) is 34.1 Å². The zero-order chi connectivity index (χ0) is 13.7. The lowest BCUT2D eigenvalue weighted by Crippen LogP contribution is -2.29. The maximum atomic E-state index is 3.72. The summed E-state index contributed by atoms with van der Waals surface area (Å²) in [4.78, 5) is 0. The van der Waals surface area contributed by atoms with E-state index >= 15 is 0 Å². The van der Waals surface area contributed by atoms with Crippen molar-refractivity contribution in [3.63, 3.8) is 0 Å². The second kappa shape index (κ2) is 4.85. The van der Waals surface area contributed by atoms with Gasteiger partial charge in [-0.15, -0.1) is 0 Å². The van der Waals surface area contributed by atoms with E-state index in [0.29, 0.717) is 11.8 Å². The molecule has 100 valence electrons. The van der Waals surface area contributed by atoms with Crippen LogP contribution < -0.4 is 0 Å². The van der Waals surface area contributed by atoms with Gasteiger partial charge in [-0.2, -0.15) is 0 Å². The number of rotatable bonds is 2. The fourth-order valence-electron chi connectivity index (χ4n) is 3.86. The molecule has 20 heavy (non-hydrogen) atoms. The molecule has 0 saturated heterocycles. The topological polar surface area (TPSA) is 0 Å². The van der Waals surface area contributed by atoms with E-state index in [2.05, 4.69) is 80.4 Å². The molecular formula is C18H14Br2. The average molecular weight is 390 g/mol. The maximum Gasteiger partial charge on any atom is 0.0316 e. The molecular weight excluding hydrogens is 376 g/mol. The second-order valence-corrected chi connectivity index (χ2v) is 6.56. The first-order valence-corrected chi connectivity index (χ1v) is 9.12. The van der Waals surface area contributed by atoms with Crippen molar-refractivity contribution >= 4 is 31.9 Å². The first-order chi connectivity index (χ1) is 9.86. The Kier molecular flexibility index (Phi) is 3.12. The summed E-state index contributed by atoms with van der Waals surface area (Å²) in [5.41, 5.74) is 9.07. The van der Waals surface area contributed by atoms with Crippen molar-refractivity contribution in [3.8, 4) is 0 Å². The Morgan fingerprint density at radius 2 is 0.900 bits per heavy atom. The Balaban J connectivity index is 2.07. The van der Waals surface area contributed by atoms with E-state index < -0.39 is 0 Å². The van der Waals surface area contributed by atoms with Crippen LogP contribution >= 0.6 is 31.9 Å². The highest BCUT2D eigenvalue weighted by Crippen LogP contribution is 2.55. The molecule has 0 fully saturated rings. The molecule has 0 radical (unpaired) electrons. The van der Waals surface area contributed by atoms with Crippen molar-refractivity contribution in [1.29, 1.82) is 0 Å². The summed E-state index contributed by atoms with van der Waals surface area (Å²) in [5.74, 6) is 0.860. The monoisotopic (exact) mass is 388 g/mol. The highest BCUT2D eigenvalue weighted by Gasteiger charge is 2.41. The van der Waals surface area contributed by atoms with Crippen molar-refractivity contribution in [2.45, 2.75) is 11.8 Å². The molecule has 0 amide bonds. The summed E-state index contributed by atoms with van der Waals surface area (Å²) in [6, 6.07) is 17.9. The van der Waals surface area contributed by atoms with Crippen LogP contribution in [-0.4, -0.2) is 10.7 Å². The predicted molar refractivity (Wildman–Crippen MR) is 91.2 cm³/mol. The summed E-state index contributed by atoms with van der Waals surface area (Å²) in [7, 11) is 0. The molecule has 2 bridgehead atoms. The Hall–Kier alpha value is -0.860. The van der Waals surface area contributed by atoms with E-state index in [1.54, 1.807) is 11.1 Å². The van der Waals surface area contributed by atoms with E-state index in [0.717, 1.165) is 10.7 Å². The van der Waals surface area contributed by atoms with Crippen LogP contribution in [0.2, 0.25) is 0 Å². The second-order valence-electron chi connectivity index (χ2n) is 5.44. The SMILES string of the molecule is BrCC1=C(CBr)C2c3ccccc3C1c1ccccc12. The largest absolute Gasteiger partial charge is 0.0879 e. The Morgan fingerprint density at radius 3 is 1.15 bits per heavy atom. The number of halogens is 2. The number of alkyl halides is 2. The van der Waals surface area contributed by atoms with Crippen LogP contribution in [0, 0.1) is 0 Å². The molecule has 2 aromatic carbocycles. The Bertz CT molecular complexity index is 607. The Morgan fingerprint density at radius 1 is 0.600 bits per heavy atom. The quantitative estimate of drug-likeness (QED) is 0.478. The van der Waals surface area contributed by atoms with Crippen LogP contribution in [0.15, 0.2) is 59.7 Å². The first kappa shape index (κ1) is 12.8. The van der Waals surface area contributed by atoms with Crippen molar-refractivity contribution in [1.82, 2.24) is 0 Å². The minimum atomic E-state index is 0.430. The van der Waals surface area contributed by atoms with Crippen molar-refractivity contribution in [3.05, 3.63) is 81.9 Å². The first-order valence-electron chi connectivity index (χ1n) is 6.88. The van der Waals surface area contributed by atoms with Gasteiger partial charge in [-0.05, 0) is 33.4 Å². The fourth-order valence-corrected chi connectivity index (χ4v) is 5.22. The third-order valence-electron chi connectivity index (χ3n) is 4.63. The van der Waals surface area contributed by atoms with Gasteiger partial charge in [0.1, 0.15) is 0 Å². The van der Waals surface area contributed by atoms with Gasteiger partial charge in [0.25, 0.3) is 0 Å². The summed E-state index contributed by atoms with van der Waals surface area (Å²) >= 11 is 7.44. The molecule has 5 rings (SSSR count). The molecule has 2 aromatic rings. The minimum absolute atomic E-state index is 0.430. The van der Waals surface area contributed by atoms with Gasteiger partial charge in [0, 0.05) is 22.5 Å². The standard InChI is InChI=1S/C18H14Br2/c19-9-15-16(10-20)18-12-6-2-1-5-11(12)17(15)13-7-3-4-8-14(13)18/h1-8,17-18H,9-10H2. The van der Waals surface area contributed by atoms with Crippen LogP contribution in [0.25, 0.3) is 0 Å². The predicted octanol–water partition coefficient (Wildman–Crippen LogP) is 5.36. The van der Waals surface area contributed by atoms with Gasteiger partial charge in [0.15, 0.2) is 0 Å². The molecule has 0 heterocycles. The van der Waals surface area contributed by atoms with Crippen molar-refractivity contribution < 1.29 is 0 Å². The van der Waals surface area contributed by atoms with Gasteiger partial charge in [-0.3, -0.25) is 0 Å². The maximum absolute atomic E-state index is 3.72. The lowest BCUT2D eigenvalue weighted by Gasteiger charge is -2.43. The average Bonchev–Trinajstić information content (AvgIpc) is 2.53. The number of hydrogen-bond acceptors (Lipinski definition) is 0. The normalized spacial score (nSPS) is 22.7. The highest BCUT2D eigenvalue weighted by molar-refractivity contribution is 9.09. The third-order valence-corrected chi connectivity index (χ3v) is 5.84. The summed E-state index contributed by atoms with van der Waals surface area (Å²) < 4.78 is 0. The van der Waals surface area contributed by atoms with E-state index in [9.17, 15) is 0 Å². The zero-order valence-corrected chi connectivity index (χ0v) is 14.1. The van der Waals surface area contributed by atoms with E-state index in [-0.39, 0.29) is 0 Å². The van der Waals surface area contributed by atoms with E-state index in [1.807, 2.05) is 0 Å². The summed E-state index contributed by atoms with van der Waals surface area (Å²) in [6.45, 7) is 0. The van der Waals surface area contributed by atoms with Crippen molar-refractivity contribution in [2.75, 3.05) is 10.7 Å². The van der Waals surface area contributed by atoms with Gasteiger partial charge < -0.3 is 0 Å². The van der Waals surface area contributed by atoms with Gasteiger partial charge >= 0.3 is 0 Å². The summed E-state index contributed by atoms with van der Waals surface area (Å²) in [6.07, 6.45) is 0. The molecule has 0 spiro atoms. The smallest absolute Gasteiger partial charge is 0.0316 e. The lowest BCUT2D eigenvalue weighted by atomic mass is 9.62. The molecule has 0 N–H and O–H groups in total. The zero-order valence-electron chi connectivity index (χ0n) is 10.9. The van der Waals surface area contributed by atoms with Crippen molar-refractivity contribution in [2.24, 2.45) is 0 Å². The van der Waals surface area contributed by atoms with E-state index in [4.69, 9.17) is 0 Å². The number of allylic oxidation sites excluding steroid dienone is 2. The van der Waals surface area contributed by atoms with E-state index in [1.165, 1.54) is 22.3 Å². The Labute approximate surface area is 136 Å². The summed E-state index contributed by atoms with van der Waals surface area (Å²) in [5, 5.41) is 1.91. The molecule has 0 atom stereocenters. The molecule has 0 saturated carbocycles. The highest BCUT2D eigenvalue weighted by atomic mass is 79.9. The molecule has 0 aliphatic heterocycles. The molecule has 0 aromatic heterocycles. The molecule has 3 aliphatic carbocycles. The third kappa shape index (κ3) is 1.58. The fraction of sp³-hybridized carbons (Fsp3) is 0.222. The van der Waals surface area contributed by atoms with Crippen LogP contribution in [0.5, 0.6) is 0 Å².